The second-order valence-electron chi connectivity index (χ2n) is 7.32. The van der Waals surface area contributed by atoms with Crippen LogP contribution in [0.15, 0.2) is 24.3 Å². The van der Waals surface area contributed by atoms with Crippen LogP contribution in [0.3, 0.4) is 0 Å². The van der Waals surface area contributed by atoms with Crippen molar-refractivity contribution in [2.24, 2.45) is 0 Å². The Bertz CT molecular complexity index is 777. The van der Waals surface area contributed by atoms with E-state index < -0.39 is 0 Å². The minimum absolute atomic E-state index is 0.0942. The molecule has 0 amide bonds. The summed E-state index contributed by atoms with van der Waals surface area (Å²) in [5, 5.41) is 0. The van der Waals surface area contributed by atoms with Gasteiger partial charge in [-0.3, -0.25) is 9.80 Å². The molecule has 1 aliphatic rings. The molecule has 3 rings (SSSR count). The lowest BCUT2D eigenvalue weighted by Gasteiger charge is -2.37. The zero-order valence-electron chi connectivity index (χ0n) is 17.7. The number of hydrogen-bond donors (Lipinski definition) is 1. The molecule has 0 aliphatic carbocycles. The highest BCUT2D eigenvalue weighted by molar-refractivity contribution is 5.33. The van der Waals surface area contributed by atoms with Gasteiger partial charge in [0.1, 0.15) is 18.1 Å². The molecule has 2 heterocycles. The highest BCUT2D eigenvalue weighted by Crippen LogP contribution is 2.21. The number of aromatic nitrogens is 3. The van der Waals surface area contributed by atoms with Crippen molar-refractivity contribution in [1.29, 1.82) is 0 Å². The maximum absolute atomic E-state index is 5.87. The van der Waals surface area contributed by atoms with E-state index in [-0.39, 0.29) is 12.0 Å². The number of anilines is 2. The Hall–Kier alpha value is -2.65. The van der Waals surface area contributed by atoms with Crippen molar-refractivity contribution in [1.82, 2.24) is 24.8 Å². The van der Waals surface area contributed by atoms with Gasteiger partial charge in [-0.2, -0.15) is 15.0 Å². The lowest BCUT2D eigenvalue weighted by atomic mass is 10.2. The van der Waals surface area contributed by atoms with Crippen molar-refractivity contribution in [2.45, 2.75) is 13.0 Å². The normalized spacial score (nSPS) is 16.4. The van der Waals surface area contributed by atoms with Crippen molar-refractivity contribution in [3.63, 3.8) is 0 Å². The molecule has 0 radical (unpaired) electrons. The Morgan fingerprint density at radius 1 is 1.03 bits per heavy atom. The molecule has 0 unspecified atom stereocenters. The summed E-state index contributed by atoms with van der Waals surface area (Å²) in [7, 11) is 5.46. The fourth-order valence-electron chi connectivity index (χ4n) is 3.29. The molecular formula is C20H31N7O2. The largest absolute Gasteiger partial charge is 0.497 e. The van der Waals surface area contributed by atoms with Crippen molar-refractivity contribution in [2.75, 3.05) is 71.2 Å². The van der Waals surface area contributed by atoms with Crippen LogP contribution in [0.25, 0.3) is 0 Å². The van der Waals surface area contributed by atoms with Crippen molar-refractivity contribution >= 4 is 11.9 Å². The van der Waals surface area contributed by atoms with Crippen LogP contribution in [-0.2, 0) is 0 Å². The first kappa shape index (κ1) is 21.1. The van der Waals surface area contributed by atoms with Crippen LogP contribution in [0.1, 0.15) is 18.8 Å². The average Bonchev–Trinajstić information content (AvgIpc) is 2.73. The first-order chi connectivity index (χ1) is 14.0. The second kappa shape index (κ2) is 9.71. The number of nitrogen functional groups attached to an aromatic ring is 1. The van der Waals surface area contributed by atoms with E-state index >= 15 is 0 Å². The third kappa shape index (κ3) is 5.68. The zero-order valence-corrected chi connectivity index (χ0v) is 17.7. The number of hydrogen-bond acceptors (Lipinski definition) is 9. The summed E-state index contributed by atoms with van der Waals surface area (Å²) >= 11 is 0. The standard InChI is InChI=1S/C20H31N7O2/c1-15(18-22-19(21)24-20(23-18)25(2)3)27-11-9-26(10-12-27)13-14-29-17-7-5-16(28-4)6-8-17/h5-8,15H,9-14H2,1-4H3,(H2,21,22,23,24)/t15-/m0/s1. The summed E-state index contributed by atoms with van der Waals surface area (Å²) < 4.78 is 11.0. The Morgan fingerprint density at radius 3 is 2.31 bits per heavy atom. The molecule has 0 bridgehead atoms. The van der Waals surface area contributed by atoms with Gasteiger partial charge in [0.05, 0.1) is 13.2 Å². The van der Waals surface area contributed by atoms with Gasteiger partial charge in [0, 0.05) is 46.8 Å². The van der Waals surface area contributed by atoms with Gasteiger partial charge < -0.3 is 20.1 Å². The Morgan fingerprint density at radius 2 is 1.69 bits per heavy atom. The summed E-state index contributed by atoms with van der Waals surface area (Å²) in [6.07, 6.45) is 0. The average molecular weight is 402 g/mol. The second-order valence-corrected chi connectivity index (χ2v) is 7.32. The number of nitrogens with two attached hydrogens (primary N) is 1. The quantitative estimate of drug-likeness (QED) is 0.702. The molecule has 2 aromatic rings. The van der Waals surface area contributed by atoms with Gasteiger partial charge in [0.2, 0.25) is 11.9 Å². The number of piperazine rings is 1. The minimum atomic E-state index is 0.0942. The van der Waals surface area contributed by atoms with Gasteiger partial charge in [0.25, 0.3) is 0 Å². The van der Waals surface area contributed by atoms with Gasteiger partial charge in [0.15, 0.2) is 5.82 Å². The molecule has 9 heteroatoms. The van der Waals surface area contributed by atoms with Gasteiger partial charge >= 0.3 is 0 Å². The zero-order chi connectivity index (χ0) is 20.8. The van der Waals surface area contributed by atoms with Crippen LogP contribution < -0.4 is 20.1 Å². The lowest BCUT2D eigenvalue weighted by Crippen LogP contribution is -2.48. The molecule has 1 aromatic carbocycles. The molecule has 0 saturated carbocycles. The predicted octanol–water partition coefficient (Wildman–Crippen LogP) is 1.29. The lowest BCUT2D eigenvalue weighted by molar-refractivity contribution is 0.0890. The van der Waals surface area contributed by atoms with E-state index in [1.165, 1.54) is 0 Å². The van der Waals surface area contributed by atoms with E-state index in [4.69, 9.17) is 15.2 Å². The molecule has 1 aliphatic heterocycles. The highest BCUT2D eigenvalue weighted by Gasteiger charge is 2.24. The van der Waals surface area contributed by atoms with Gasteiger partial charge in [-0.05, 0) is 31.2 Å². The van der Waals surface area contributed by atoms with Crippen LogP contribution in [0.5, 0.6) is 11.5 Å². The van der Waals surface area contributed by atoms with Crippen LogP contribution in [0.2, 0.25) is 0 Å². The number of methoxy groups -OCH3 is 1. The first-order valence-electron chi connectivity index (χ1n) is 9.88. The Balaban J connectivity index is 1.46. The number of benzene rings is 1. The van der Waals surface area contributed by atoms with E-state index in [2.05, 4.69) is 31.7 Å². The number of rotatable bonds is 8. The monoisotopic (exact) mass is 401 g/mol. The van der Waals surface area contributed by atoms with Crippen LogP contribution >= 0.6 is 0 Å². The SMILES string of the molecule is COc1ccc(OCCN2CCN([C@@H](C)c3nc(N)nc(N(C)C)n3)CC2)cc1. The molecule has 1 aromatic heterocycles. The first-order valence-corrected chi connectivity index (χ1v) is 9.88. The minimum Gasteiger partial charge on any atom is -0.497 e. The predicted molar refractivity (Wildman–Crippen MR) is 113 cm³/mol. The van der Waals surface area contributed by atoms with E-state index in [0.29, 0.717) is 12.6 Å². The molecule has 1 atom stereocenters. The third-order valence-corrected chi connectivity index (χ3v) is 5.12. The van der Waals surface area contributed by atoms with Crippen molar-refractivity contribution in [3.05, 3.63) is 30.1 Å². The van der Waals surface area contributed by atoms with E-state index in [1.807, 2.05) is 43.3 Å². The summed E-state index contributed by atoms with van der Waals surface area (Å²) in [5.41, 5.74) is 5.87. The van der Waals surface area contributed by atoms with E-state index in [0.717, 1.165) is 50.0 Å². The summed E-state index contributed by atoms with van der Waals surface area (Å²) in [4.78, 5) is 19.7. The maximum Gasteiger partial charge on any atom is 0.229 e. The molecule has 1 fully saturated rings. The van der Waals surface area contributed by atoms with E-state index in [9.17, 15) is 0 Å². The van der Waals surface area contributed by atoms with Gasteiger partial charge in [-0.15, -0.1) is 0 Å². The molecule has 0 spiro atoms. The van der Waals surface area contributed by atoms with E-state index in [1.54, 1.807) is 7.11 Å². The molecule has 29 heavy (non-hydrogen) atoms. The Kier molecular flexibility index (Phi) is 7.05. The number of ether oxygens (including phenoxy) is 2. The summed E-state index contributed by atoms with van der Waals surface area (Å²) in [6, 6.07) is 7.77. The van der Waals surface area contributed by atoms with Crippen LogP contribution in [0, 0.1) is 0 Å². The molecule has 9 nitrogen and oxygen atoms in total. The molecule has 1 saturated heterocycles. The third-order valence-electron chi connectivity index (χ3n) is 5.12. The summed E-state index contributed by atoms with van der Waals surface area (Å²) in [5.74, 6) is 3.27. The fourth-order valence-corrected chi connectivity index (χ4v) is 3.29. The van der Waals surface area contributed by atoms with Gasteiger partial charge in [-0.1, -0.05) is 0 Å². The molecule has 2 N–H and O–H groups in total. The summed E-state index contributed by atoms with van der Waals surface area (Å²) in [6.45, 7) is 7.56. The van der Waals surface area contributed by atoms with Crippen molar-refractivity contribution < 1.29 is 9.47 Å². The van der Waals surface area contributed by atoms with Crippen LogP contribution in [0.4, 0.5) is 11.9 Å². The highest BCUT2D eigenvalue weighted by atomic mass is 16.5. The van der Waals surface area contributed by atoms with Crippen LogP contribution in [-0.4, -0.2) is 85.3 Å². The molecule has 158 valence electrons. The van der Waals surface area contributed by atoms with Crippen molar-refractivity contribution in [3.8, 4) is 11.5 Å². The fraction of sp³-hybridized carbons (Fsp3) is 0.550. The number of nitrogens with zero attached hydrogens (tertiary/aromatic N) is 6. The van der Waals surface area contributed by atoms with Gasteiger partial charge in [-0.25, -0.2) is 0 Å². The topological polar surface area (TPSA) is 92.9 Å². The Labute approximate surface area is 172 Å². The smallest absolute Gasteiger partial charge is 0.229 e. The molecular weight excluding hydrogens is 370 g/mol. The maximum atomic E-state index is 5.87.